The molecule has 0 fully saturated rings. The van der Waals surface area contributed by atoms with Crippen molar-refractivity contribution >= 4 is 11.6 Å². The van der Waals surface area contributed by atoms with Crippen LogP contribution in [0.2, 0.25) is 0 Å². The van der Waals surface area contributed by atoms with Crippen molar-refractivity contribution in [1.82, 2.24) is 9.97 Å². The number of nitrogens with one attached hydrogen (secondary N) is 1. The molecule has 0 unspecified atom stereocenters. The third kappa shape index (κ3) is 5.62. The fraction of sp³-hybridized carbons (Fsp3) is 0.444. The van der Waals surface area contributed by atoms with Gasteiger partial charge in [0.1, 0.15) is 5.56 Å². The first-order valence-corrected chi connectivity index (χ1v) is 8.37. The second kappa shape index (κ2) is 8.69. The molecule has 1 N–H and O–H groups in total. The Morgan fingerprint density at radius 1 is 1.08 bits per heavy atom. The third-order valence-corrected chi connectivity index (χ3v) is 3.62. The van der Waals surface area contributed by atoms with Crippen molar-refractivity contribution in [3.63, 3.8) is 0 Å². The molecule has 2 aromatic rings. The Bertz CT molecular complexity index is 672. The number of anilines is 2. The molecular weight excluding hydrogens is 331 g/mol. The Hall–Kier alpha value is -2.31. The first-order valence-electron chi connectivity index (χ1n) is 8.37. The molecule has 136 valence electrons. The third-order valence-electron chi connectivity index (χ3n) is 3.62. The summed E-state index contributed by atoms with van der Waals surface area (Å²) in [6.45, 7) is 3.85. The smallest absolute Gasteiger partial charge is 0.423 e. The fourth-order valence-corrected chi connectivity index (χ4v) is 2.33. The minimum Gasteiger partial charge on any atom is -0.477 e. The van der Waals surface area contributed by atoms with Gasteiger partial charge in [-0.25, -0.2) is 4.98 Å². The van der Waals surface area contributed by atoms with Crippen molar-refractivity contribution in [1.29, 1.82) is 0 Å². The molecule has 25 heavy (non-hydrogen) atoms. The van der Waals surface area contributed by atoms with Crippen LogP contribution in [-0.4, -0.2) is 16.6 Å². The van der Waals surface area contributed by atoms with Crippen LogP contribution in [0.3, 0.4) is 0 Å². The first kappa shape index (κ1) is 19.0. The minimum atomic E-state index is -4.55. The zero-order chi connectivity index (χ0) is 18.3. The number of nitrogens with zero attached hydrogens (tertiary/aromatic N) is 2. The summed E-state index contributed by atoms with van der Waals surface area (Å²) in [4.78, 5) is 7.59. The van der Waals surface area contributed by atoms with Crippen LogP contribution < -0.4 is 10.1 Å². The summed E-state index contributed by atoms with van der Waals surface area (Å²) >= 11 is 0. The topological polar surface area (TPSA) is 47.0 Å². The molecule has 2 rings (SSSR count). The number of alkyl halides is 3. The number of hydrogen-bond donors (Lipinski definition) is 1. The molecule has 0 aliphatic carbocycles. The van der Waals surface area contributed by atoms with Crippen LogP contribution in [0, 0.1) is 0 Å². The summed E-state index contributed by atoms with van der Waals surface area (Å²) in [5, 5.41) is 2.91. The minimum absolute atomic E-state index is 0.0650. The van der Waals surface area contributed by atoms with E-state index < -0.39 is 17.6 Å². The van der Waals surface area contributed by atoms with Crippen molar-refractivity contribution in [3.05, 3.63) is 41.6 Å². The molecule has 0 aliphatic rings. The monoisotopic (exact) mass is 353 g/mol. The van der Waals surface area contributed by atoms with E-state index in [1.165, 1.54) is 18.4 Å². The average Bonchev–Trinajstić information content (AvgIpc) is 2.56. The van der Waals surface area contributed by atoms with Crippen LogP contribution in [0.25, 0.3) is 0 Å². The lowest BCUT2D eigenvalue weighted by Crippen LogP contribution is -2.12. The summed E-state index contributed by atoms with van der Waals surface area (Å²) < 4.78 is 43.8. The van der Waals surface area contributed by atoms with Crippen molar-refractivity contribution in [2.24, 2.45) is 0 Å². The highest BCUT2D eigenvalue weighted by atomic mass is 19.4. The van der Waals surface area contributed by atoms with Crippen LogP contribution in [0.15, 0.2) is 30.5 Å². The van der Waals surface area contributed by atoms with Gasteiger partial charge >= 0.3 is 6.18 Å². The average molecular weight is 353 g/mol. The molecule has 1 aromatic heterocycles. The van der Waals surface area contributed by atoms with Gasteiger partial charge in [-0.15, -0.1) is 0 Å². The molecule has 0 spiro atoms. The number of ether oxygens (including phenoxy) is 1. The predicted molar refractivity (Wildman–Crippen MR) is 91.2 cm³/mol. The second-order valence-corrected chi connectivity index (χ2v) is 5.62. The van der Waals surface area contributed by atoms with Crippen LogP contribution >= 0.6 is 0 Å². The van der Waals surface area contributed by atoms with Gasteiger partial charge < -0.3 is 10.1 Å². The molecule has 7 heteroatoms. The van der Waals surface area contributed by atoms with E-state index >= 15 is 0 Å². The Balaban J connectivity index is 2.10. The molecule has 4 nitrogen and oxygen atoms in total. The zero-order valence-electron chi connectivity index (χ0n) is 14.4. The van der Waals surface area contributed by atoms with E-state index in [9.17, 15) is 13.2 Å². The Labute approximate surface area is 145 Å². The van der Waals surface area contributed by atoms with E-state index in [0.29, 0.717) is 5.69 Å². The van der Waals surface area contributed by atoms with Gasteiger partial charge in [0.15, 0.2) is 0 Å². The maximum Gasteiger partial charge on any atom is 0.423 e. The molecule has 0 saturated carbocycles. The molecule has 1 aromatic carbocycles. The van der Waals surface area contributed by atoms with E-state index in [-0.39, 0.29) is 12.6 Å². The molecule has 0 bridgehead atoms. The SMILES string of the molecule is CCCCCc1ccc(Nc2ncc(C(F)(F)F)c(OCC)n2)cc1. The highest BCUT2D eigenvalue weighted by Gasteiger charge is 2.36. The number of aromatic nitrogens is 2. The van der Waals surface area contributed by atoms with Crippen molar-refractivity contribution in [3.8, 4) is 5.88 Å². The number of aryl methyl sites for hydroxylation is 1. The highest BCUT2D eigenvalue weighted by molar-refractivity contribution is 5.54. The zero-order valence-corrected chi connectivity index (χ0v) is 14.4. The van der Waals surface area contributed by atoms with Crippen LogP contribution in [0.5, 0.6) is 5.88 Å². The fourth-order valence-electron chi connectivity index (χ4n) is 2.33. The first-order chi connectivity index (χ1) is 11.9. The Morgan fingerprint density at radius 3 is 2.40 bits per heavy atom. The van der Waals surface area contributed by atoms with Crippen LogP contribution in [0.4, 0.5) is 24.8 Å². The quantitative estimate of drug-likeness (QED) is 0.648. The van der Waals surface area contributed by atoms with Gasteiger partial charge in [-0.2, -0.15) is 18.2 Å². The molecule has 0 saturated heterocycles. The van der Waals surface area contributed by atoms with E-state index in [2.05, 4.69) is 22.2 Å². The standard InChI is InChI=1S/C18H22F3N3O/c1-3-5-6-7-13-8-10-14(11-9-13)23-17-22-12-15(18(19,20)21)16(24-17)25-4-2/h8-12H,3-7H2,1-2H3,(H,22,23,24). The van der Waals surface area contributed by atoms with Gasteiger partial charge in [0.05, 0.1) is 6.61 Å². The molecular formula is C18H22F3N3O. The van der Waals surface area contributed by atoms with Crippen molar-refractivity contribution < 1.29 is 17.9 Å². The predicted octanol–water partition coefficient (Wildman–Crippen LogP) is 5.37. The van der Waals surface area contributed by atoms with E-state index in [4.69, 9.17) is 4.74 Å². The summed E-state index contributed by atoms with van der Waals surface area (Å²) in [6, 6.07) is 7.71. The van der Waals surface area contributed by atoms with E-state index in [1.807, 2.05) is 24.3 Å². The summed E-state index contributed by atoms with van der Waals surface area (Å²) in [5.41, 5.74) is 0.954. The highest BCUT2D eigenvalue weighted by Crippen LogP contribution is 2.35. The van der Waals surface area contributed by atoms with Crippen molar-refractivity contribution in [2.75, 3.05) is 11.9 Å². The van der Waals surface area contributed by atoms with Gasteiger partial charge in [-0.3, -0.25) is 0 Å². The Kier molecular flexibility index (Phi) is 6.61. The molecule has 1 heterocycles. The number of hydrogen-bond acceptors (Lipinski definition) is 4. The van der Waals surface area contributed by atoms with Gasteiger partial charge in [0.2, 0.25) is 11.8 Å². The maximum atomic E-state index is 12.9. The number of benzene rings is 1. The maximum absolute atomic E-state index is 12.9. The lowest BCUT2D eigenvalue weighted by Gasteiger charge is -2.13. The van der Waals surface area contributed by atoms with Gasteiger partial charge in [-0.1, -0.05) is 31.9 Å². The molecule has 0 atom stereocenters. The molecule has 0 amide bonds. The van der Waals surface area contributed by atoms with E-state index in [0.717, 1.165) is 19.0 Å². The normalized spacial score (nSPS) is 11.4. The largest absolute Gasteiger partial charge is 0.477 e. The van der Waals surface area contributed by atoms with Crippen LogP contribution in [0.1, 0.15) is 44.2 Å². The number of halogens is 3. The Morgan fingerprint density at radius 2 is 1.80 bits per heavy atom. The van der Waals surface area contributed by atoms with Crippen LogP contribution in [-0.2, 0) is 12.6 Å². The molecule has 0 aliphatic heterocycles. The molecule has 0 radical (unpaired) electrons. The van der Waals surface area contributed by atoms with Crippen molar-refractivity contribution in [2.45, 2.75) is 45.7 Å². The number of unbranched alkanes of at least 4 members (excludes halogenated alkanes) is 2. The number of rotatable bonds is 8. The summed E-state index contributed by atoms with van der Waals surface area (Å²) in [7, 11) is 0. The second-order valence-electron chi connectivity index (χ2n) is 5.62. The lowest BCUT2D eigenvalue weighted by atomic mass is 10.1. The van der Waals surface area contributed by atoms with E-state index in [1.54, 1.807) is 6.92 Å². The van der Waals surface area contributed by atoms with Gasteiger partial charge in [0, 0.05) is 11.9 Å². The summed E-state index contributed by atoms with van der Waals surface area (Å²) in [6.07, 6.45) is 0.706. The summed E-state index contributed by atoms with van der Waals surface area (Å²) in [5.74, 6) is -0.404. The lowest BCUT2D eigenvalue weighted by molar-refractivity contribution is -0.139. The van der Waals surface area contributed by atoms with Gasteiger partial charge in [-0.05, 0) is 37.5 Å². The van der Waals surface area contributed by atoms with Gasteiger partial charge in [0.25, 0.3) is 0 Å².